The number of carbonyl (C=O) groups is 2. The lowest BCUT2D eigenvalue weighted by Gasteiger charge is -2.20. The van der Waals surface area contributed by atoms with Gasteiger partial charge in [-0.3, -0.25) is 14.9 Å². The van der Waals surface area contributed by atoms with Crippen LogP contribution in [0.5, 0.6) is 5.75 Å². The molecule has 128 valence electrons. The lowest BCUT2D eigenvalue weighted by atomic mass is 10.1. The second kappa shape index (κ2) is 9.04. The highest BCUT2D eigenvalue weighted by atomic mass is 19.3. The van der Waals surface area contributed by atoms with Crippen LogP contribution in [0.15, 0.2) is 24.3 Å². The second-order valence-electron chi connectivity index (χ2n) is 4.93. The van der Waals surface area contributed by atoms with Crippen LogP contribution in [-0.2, 0) is 9.59 Å². The Morgan fingerprint density at radius 3 is 2.52 bits per heavy atom. The fraction of sp³-hybridized carbons (Fsp3) is 0.467. The predicted octanol–water partition coefficient (Wildman–Crippen LogP) is 2.46. The molecule has 1 amide bonds. The molecule has 0 saturated carbocycles. The molecule has 0 heterocycles. The topological polar surface area (TPSA) is 87.7 Å². The van der Waals surface area contributed by atoms with Crippen LogP contribution in [0.1, 0.15) is 26.7 Å². The number of carboxylic acids is 1. The van der Waals surface area contributed by atoms with Gasteiger partial charge in [0.2, 0.25) is 5.91 Å². The summed E-state index contributed by atoms with van der Waals surface area (Å²) in [5.41, 5.74) is 0.0915. The van der Waals surface area contributed by atoms with E-state index >= 15 is 0 Å². The number of alkyl halides is 2. The highest BCUT2D eigenvalue weighted by Crippen LogP contribution is 2.25. The number of carbonyl (C=O) groups excluding carboxylic acids is 1. The number of anilines is 1. The standard InChI is InChI=1S/C15H20F2N2O4/c1-3-6-11(14(21)22)18-9(2)13(20)19-10-7-4-5-8-12(10)23-15(16)17/h4-5,7-9,11,15,18H,3,6H2,1-2H3,(H,19,20)(H,21,22). The van der Waals surface area contributed by atoms with Crippen LogP contribution in [0, 0.1) is 0 Å². The van der Waals surface area contributed by atoms with E-state index in [9.17, 15) is 18.4 Å². The number of carboxylic acid groups (broad SMARTS) is 1. The number of rotatable bonds is 9. The number of hydrogen-bond acceptors (Lipinski definition) is 4. The molecule has 0 bridgehead atoms. The van der Waals surface area contributed by atoms with E-state index in [1.54, 1.807) is 6.07 Å². The minimum absolute atomic E-state index is 0.0915. The Bertz CT molecular complexity index is 540. The summed E-state index contributed by atoms with van der Waals surface area (Å²) in [5, 5.41) is 14.2. The molecule has 2 atom stereocenters. The van der Waals surface area contributed by atoms with Gasteiger partial charge in [0.05, 0.1) is 11.7 Å². The van der Waals surface area contributed by atoms with Gasteiger partial charge in [0.15, 0.2) is 0 Å². The molecule has 23 heavy (non-hydrogen) atoms. The summed E-state index contributed by atoms with van der Waals surface area (Å²) in [7, 11) is 0. The summed E-state index contributed by atoms with van der Waals surface area (Å²) >= 11 is 0. The van der Waals surface area contributed by atoms with Gasteiger partial charge in [-0.25, -0.2) is 0 Å². The number of ether oxygens (including phenoxy) is 1. The zero-order valence-electron chi connectivity index (χ0n) is 12.9. The fourth-order valence-electron chi connectivity index (χ4n) is 1.95. The van der Waals surface area contributed by atoms with Gasteiger partial charge >= 0.3 is 12.6 Å². The molecule has 6 nitrogen and oxygen atoms in total. The second-order valence-corrected chi connectivity index (χ2v) is 4.93. The first-order valence-electron chi connectivity index (χ1n) is 7.18. The van der Waals surface area contributed by atoms with Gasteiger partial charge in [0.25, 0.3) is 0 Å². The summed E-state index contributed by atoms with van der Waals surface area (Å²) in [6, 6.07) is 4.11. The molecule has 0 aliphatic rings. The molecular weight excluding hydrogens is 310 g/mol. The molecular formula is C15H20F2N2O4. The number of aliphatic carboxylic acids is 1. The first-order valence-corrected chi connectivity index (χ1v) is 7.18. The van der Waals surface area contributed by atoms with Gasteiger partial charge in [-0.1, -0.05) is 25.5 Å². The van der Waals surface area contributed by atoms with Crippen LogP contribution in [0.2, 0.25) is 0 Å². The Labute approximate surface area is 132 Å². The van der Waals surface area contributed by atoms with Crippen molar-refractivity contribution in [2.75, 3.05) is 5.32 Å². The molecule has 2 unspecified atom stereocenters. The molecule has 0 spiro atoms. The molecule has 0 aliphatic heterocycles. The lowest BCUT2D eigenvalue weighted by molar-refractivity contribution is -0.140. The van der Waals surface area contributed by atoms with Gasteiger partial charge in [-0.2, -0.15) is 8.78 Å². The Kier molecular flexibility index (Phi) is 7.40. The van der Waals surface area contributed by atoms with Gasteiger partial charge in [0.1, 0.15) is 11.8 Å². The fourth-order valence-corrected chi connectivity index (χ4v) is 1.95. The van der Waals surface area contributed by atoms with Crippen molar-refractivity contribution in [3.63, 3.8) is 0 Å². The molecule has 1 aromatic carbocycles. The molecule has 8 heteroatoms. The molecule has 0 aromatic heterocycles. The maximum Gasteiger partial charge on any atom is 0.387 e. The minimum atomic E-state index is -3.01. The van der Waals surface area contributed by atoms with Crippen LogP contribution in [0.3, 0.4) is 0 Å². The quantitative estimate of drug-likeness (QED) is 0.647. The Morgan fingerprint density at radius 2 is 1.96 bits per heavy atom. The van der Waals surface area contributed by atoms with E-state index < -0.39 is 30.6 Å². The molecule has 0 radical (unpaired) electrons. The van der Waals surface area contributed by atoms with E-state index in [4.69, 9.17) is 5.11 Å². The number of amides is 1. The zero-order valence-corrected chi connectivity index (χ0v) is 12.9. The Morgan fingerprint density at radius 1 is 1.30 bits per heavy atom. The van der Waals surface area contributed by atoms with Crippen LogP contribution in [-0.4, -0.2) is 35.7 Å². The summed E-state index contributed by atoms with van der Waals surface area (Å²) < 4.78 is 29.0. The third kappa shape index (κ3) is 6.19. The summed E-state index contributed by atoms with van der Waals surface area (Å²) in [6.07, 6.45) is 1.02. The van der Waals surface area contributed by atoms with Crippen molar-refractivity contribution in [1.82, 2.24) is 5.32 Å². The van der Waals surface area contributed by atoms with Crippen molar-refractivity contribution in [2.45, 2.75) is 45.4 Å². The number of para-hydroxylation sites is 2. The minimum Gasteiger partial charge on any atom is -0.480 e. The molecule has 1 rings (SSSR count). The van der Waals surface area contributed by atoms with Gasteiger partial charge in [-0.15, -0.1) is 0 Å². The van der Waals surface area contributed by atoms with E-state index in [0.29, 0.717) is 12.8 Å². The normalized spacial score (nSPS) is 13.4. The van der Waals surface area contributed by atoms with Gasteiger partial charge in [0, 0.05) is 0 Å². The average Bonchev–Trinajstić information content (AvgIpc) is 2.48. The molecule has 1 aromatic rings. The third-order valence-corrected chi connectivity index (χ3v) is 3.08. The molecule has 0 aliphatic carbocycles. The smallest absolute Gasteiger partial charge is 0.387 e. The van der Waals surface area contributed by atoms with Gasteiger partial charge in [-0.05, 0) is 25.5 Å². The molecule has 3 N–H and O–H groups in total. The predicted molar refractivity (Wildman–Crippen MR) is 80.6 cm³/mol. The van der Waals surface area contributed by atoms with E-state index in [1.807, 2.05) is 6.92 Å². The maximum absolute atomic E-state index is 12.3. The number of nitrogens with one attached hydrogen (secondary N) is 2. The van der Waals surface area contributed by atoms with Crippen molar-refractivity contribution >= 4 is 17.6 Å². The van der Waals surface area contributed by atoms with Crippen molar-refractivity contribution in [2.24, 2.45) is 0 Å². The van der Waals surface area contributed by atoms with Crippen molar-refractivity contribution in [3.8, 4) is 5.75 Å². The highest BCUT2D eigenvalue weighted by Gasteiger charge is 2.23. The van der Waals surface area contributed by atoms with E-state index in [0.717, 1.165) is 0 Å². The van der Waals surface area contributed by atoms with Crippen molar-refractivity contribution in [3.05, 3.63) is 24.3 Å². The maximum atomic E-state index is 12.3. The van der Waals surface area contributed by atoms with Crippen LogP contribution in [0.4, 0.5) is 14.5 Å². The first kappa shape index (κ1) is 18.8. The number of hydrogen-bond donors (Lipinski definition) is 3. The number of halogens is 2. The first-order chi connectivity index (χ1) is 10.8. The molecule has 0 fully saturated rings. The zero-order chi connectivity index (χ0) is 17.4. The van der Waals surface area contributed by atoms with Crippen LogP contribution in [0.25, 0.3) is 0 Å². The number of benzene rings is 1. The third-order valence-electron chi connectivity index (χ3n) is 3.08. The summed E-state index contributed by atoms with van der Waals surface area (Å²) in [4.78, 5) is 23.2. The van der Waals surface area contributed by atoms with Crippen molar-refractivity contribution < 1.29 is 28.2 Å². The monoisotopic (exact) mass is 330 g/mol. The van der Waals surface area contributed by atoms with E-state index in [-0.39, 0.29) is 11.4 Å². The molecule has 0 saturated heterocycles. The Balaban J connectivity index is 2.73. The van der Waals surface area contributed by atoms with E-state index in [2.05, 4.69) is 15.4 Å². The summed E-state index contributed by atoms with van der Waals surface area (Å²) in [5.74, 6) is -1.75. The van der Waals surface area contributed by atoms with Crippen molar-refractivity contribution in [1.29, 1.82) is 0 Å². The summed E-state index contributed by atoms with van der Waals surface area (Å²) in [6.45, 7) is 0.321. The van der Waals surface area contributed by atoms with Gasteiger partial charge < -0.3 is 15.2 Å². The SMILES string of the molecule is CCCC(NC(C)C(=O)Nc1ccccc1OC(F)F)C(=O)O. The van der Waals surface area contributed by atoms with E-state index in [1.165, 1.54) is 25.1 Å². The Hall–Kier alpha value is -2.22. The average molecular weight is 330 g/mol. The van der Waals surface area contributed by atoms with Crippen LogP contribution < -0.4 is 15.4 Å². The highest BCUT2D eigenvalue weighted by molar-refractivity contribution is 5.96. The largest absolute Gasteiger partial charge is 0.480 e. The van der Waals surface area contributed by atoms with Crippen LogP contribution >= 0.6 is 0 Å². The lowest BCUT2D eigenvalue weighted by Crippen LogP contribution is -2.47.